The Labute approximate surface area is 143 Å². The second-order valence-corrected chi connectivity index (χ2v) is 6.28. The van der Waals surface area contributed by atoms with Crippen molar-refractivity contribution in [1.29, 1.82) is 0 Å². The highest BCUT2D eigenvalue weighted by atomic mass is 35.5. The van der Waals surface area contributed by atoms with Crippen molar-refractivity contribution in [3.05, 3.63) is 69.5 Å². The number of halogens is 1. The van der Waals surface area contributed by atoms with Crippen molar-refractivity contribution in [2.45, 2.75) is 6.92 Å². The highest BCUT2D eigenvalue weighted by Gasteiger charge is 2.11. The molecule has 0 aliphatic heterocycles. The number of nitrogens with zero attached hydrogens (tertiary/aromatic N) is 1. The van der Waals surface area contributed by atoms with Gasteiger partial charge in [0.15, 0.2) is 5.01 Å². The molecular weight excluding hydrogens is 330 g/mol. The highest BCUT2D eigenvalue weighted by Crippen LogP contribution is 2.23. The van der Waals surface area contributed by atoms with Crippen molar-refractivity contribution in [2.24, 2.45) is 0 Å². The lowest BCUT2D eigenvalue weighted by atomic mass is 10.2. The lowest BCUT2D eigenvalue weighted by Gasteiger charge is -2.07. The predicted molar refractivity (Wildman–Crippen MR) is 94.8 cm³/mol. The summed E-state index contributed by atoms with van der Waals surface area (Å²) >= 11 is 7.17. The van der Waals surface area contributed by atoms with Crippen LogP contribution in [0.1, 0.15) is 15.4 Å². The number of hydrogen-bond donors (Lipinski definition) is 2. The average Bonchev–Trinajstić information content (AvgIpc) is 3.05. The van der Waals surface area contributed by atoms with Crippen molar-refractivity contribution < 1.29 is 4.79 Å². The first-order valence-electron chi connectivity index (χ1n) is 6.96. The Kier molecular flexibility index (Phi) is 4.60. The summed E-state index contributed by atoms with van der Waals surface area (Å²) in [5, 5.41) is 2.92. The van der Waals surface area contributed by atoms with Gasteiger partial charge in [0.25, 0.3) is 5.91 Å². The summed E-state index contributed by atoms with van der Waals surface area (Å²) in [4.78, 5) is 16.5. The second-order valence-electron chi connectivity index (χ2n) is 4.99. The molecule has 2 aromatic carbocycles. The van der Waals surface area contributed by atoms with Gasteiger partial charge in [0.05, 0.1) is 11.4 Å². The van der Waals surface area contributed by atoms with E-state index in [1.54, 1.807) is 12.1 Å². The number of carbonyl (C=O) groups is 1. The van der Waals surface area contributed by atoms with E-state index in [1.165, 1.54) is 11.3 Å². The molecule has 2 N–H and O–H groups in total. The van der Waals surface area contributed by atoms with Crippen LogP contribution in [-0.2, 0) is 0 Å². The first-order chi connectivity index (χ1) is 11.1. The Morgan fingerprint density at radius 1 is 1.09 bits per heavy atom. The number of rotatable bonds is 4. The molecule has 116 valence electrons. The molecule has 1 amide bonds. The number of thiazole rings is 1. The molecule has 0 atom stereocenters. The van der Waals surface area contributed by atoms with Crippen molar-refractivity contribution in [3.63, 3.8) is 0 Å². The number of benzene rings is 2. The van der Waals surface area contributed by atoms with E-state index >= 15 is 0 Å². The molecule has 4 nitrogen and oxygen atoms in total. The minimum Gasteiger partial charge on any atom is -0.298 e. The Balaban J connectivity index is 1.66. The molecule has 23 heavy (non-hydrogen) atoms. The number of hydrogen-bond acceptors (Lipinski definition) is 4. The van der Waals surface area contributed by atoms with Gasteiger partial charge in [-0.1, -0.05) is 41.4 Å². The molecule has 0 bridgehead atoms. The largest absolute Gasteiger partial charge is 0.298 e. The van der Waals surface area contributed by atoms with E-state index in [2.05, 4.69) is 15.8 Å². The molecule has 0 spiro atoms. The zero-order valence-electron chi connectivity index (χ0n) is 12.3. The van der Waals surface area contributed by atoms with Crippen molar-refractivity contribution >= 4 is 34.5 Å². The van der Waals surface area contributed by atoms with E-state index in [9.17, 15) is 4.79 Å². The monoisotopic (exact) mass is 343 g/mol. The number of anilines is 1. The van der Waals surface area contributed by atoms with Crippen LogP contribution in [0.15, 0.2) is 53.9 Å². The van der Waals surface area contributed by atoms with Crippen LogP contribution >= 0.6 is 22.9 Å². The van der Waals surface area contributed by atoms with E-state index in [1.807, 2.05) is 48.7 Å². The maximum absolute atomic E-state index is 12.1. The molecule has 1 heterocycles. The molecule has 3 aromatic rings. The molecule has 0 saturated carbocycles. The van der Waals surface area contributed by atoms with Crippen molar-refractivity contribution in [3.8, 4) is 11.3 Å². The van der Waals surface area contributed by atoms with Gasteiger partial charge in [-0.05, 0) is 31.2 Å². The summed E-state index contributed by atoms with van der Waals surface area (Å²) < 4.78 is 0. The maximum Gasteiger partial charge on any atom is 0.298 e. The van der Waals surface area contributed by atoms with E-state index in [-0.39, 0.29) is 5.91 Å². The number of carbonyl (C=O) groups excluding carboxylic acids is 1. The number of nitrogens with one attached hydrogen (secondary N) is 2. The first kappa shape index (κ1) is 15.5. The van der Waals surface area contributed by atoms with Crippen molar-refractivity contribution in [1.82, 2.24) is 10.4 Å². The van der Waals surface area contributed by atoms with Crippen LogP contribution in [0.3, 0.4) is 0 Å². The fourth-order valence-electron chi connectivity index (χ4n) is 1.95. The minimum absolute atomic E-state index is 0.268. The Morgan fingerprint density at radius 3 is 2.48 bits per heavy atom. The summed E-state index contributed by atoms with van der Waals surface area (Å²) in [6.45, 7) is 2.01. The number of hydrazine groups is 1. The third-order valence-electron chi connectivity index (χ3n) is 3.21. The van der Waals surface area contributed by atoms with Gasteiger partial charge >= 0.3 is 0 Å². The Bertz CT molecular complexity index is 813. The molecule has 0 aliphatic carbocycles. The SMILES string of the molecule is Cc1ccc(NNC(=O)c2nc(-c3ccc(Cl)cc3)cs2)cc1. The summed E-state index contributed by atoms with van der Waals surface area (Å²) in [5.74, 6) is -0.268. The van der Waals surface area contributed by atoms with Gasteiger partial charge in [0.1, 0.15) is 0 Å². The molecule has 6 heteroatoms. The second kappa shape index (κ2) is 6.81. The van der Waals surface area contributed by atoms with Crippen LogP contribution < -0.4 is 10.9 Å². The average molecular weight is 344 g/mol. The summed E-state index contributed by atoms with van der Waals surface area (Å²) in [7, 11) is 0. The van der Waals surface area contributed by atoms with E-state index in [4.69, 9.17) is 11.6 Å². The topological polar surface area (TPSA) is 54.0 Å². The fraction of sp³-hybridized carbons (Fsp3) is 0.0588. The van der Waals surface area contributed by atoms with Crippen LogP contribution in [0.25, 0.3) is 11.3 Å². The van der Waals surface area contributed by atoms with Gasteiger partial charge < -0.3 is 0 Å². The molecule has 0 radical (unpaired) electrons. The predicted octanol–water partition coefficient (Wildman–Crippen LogP) is 4.53. The molecule has 0 unspecified atom stereocenters. The van der Waals surface area contributed by atoms with Gasteiger partial charge in [-0.3, -0.25) is 15.6 Å². The van der Waals surface area contributed by atoms with Crippen LogP contribution in [-0.4, -0.2) is 10.9 Å². The van der Waals surface area contributed by atoms with Crippen LogP contribution in [0.4, 0.5) is 5.69 Å². The van der Waals surface area contributed by atoms with Gasteiger partial charge in [-0.15, -0.1) is 11.3 Å². The molecule has 1 aromatic heterocycles. The zero-order valence-corrected chi connectivity index (χ0v) is 13.9. The van der Waals surface area contributed by atoms with Gasteiger partial charge in [0, 0.05) is 16.0 Å². The number of aromatic nitrogens is 1. The lowest BCUT2D eigenvalue weighted by Crippen LogP contribution is -2.29. The third kappa shape index (κ3) is 3.88. The van der Waals surface area contributed by atoms with Crippen LogP contribution in [0.2, 0.25) is 5.02 Å². The lowest BCUT2D eigenvalue weighted by molar-refractivity contribution is 0.0962. The van der Waals surface area contributed by atoms with E-state index < -0.39 is 0 Å². The number of aryl methyl sites for hydroxylation is 1. The van der Waals surface area contributed by atoms with Crippen LogP contribution in [0, 0.1) is 6.92 Å². The molecule has 0 fully saturated rings. The zero-order chi connectivity index (χ0) is 16.2. The summed E-state index contributed by atoms with van der Waals surface area (Å²) in [6.07, 6.45) is 0. The molecule has 0 aliphatic rings. The van der Waals surface area contributed by atoms with Gasteiger partial charge in [0.2, 0.25) is 0 Å². The Morgan fingerprint density at radius 2 is 1.78 bits per heavy atom. The Hall–Kier alpha value is -2.37. The highest BCUT2D eigenvalue weighted by molar-refractivity contribution is 7.12. The molecular formula is C17H14ClN3OS. The number of amides is 1. The van der Waals surface area contributed by atoms with E-state index in [0.717, 1.165) is 22.5 Å². The van der Waals surface area contributed by atoms with Gasteiger partial charge in [-0.2, -0.15) is 0 Å². The van der Waals surface area contributed by atoms with Crippen LogP contribution in [0.5, 0.6) is 0 Å². The smallest absolute Gasteiger partial charge is 0.298 e. The summed E-state index contributed by atoms with van der Waals surface area (Å²) in [5.41, 5.74) is 9.19. The third-order valence-corrected chi connectivity index (χ3v) is 4.30. The molecule has 3 rings (SSSR count). The van der Waals surface area contributed by atoms with E-state index in [0.29, 0.717) is 10.0 Å². The van der Waals surface area contributed by atoms with Crippen molar-refractivity contribution in [2.75, 3.05) is 5.43 Å². The fourth-order valence-corrected chi connectivity index (χ4v) is 2.80. The standard InChI is InChI=1S/C17H14ClN3OS/c1-11-2-8-14(9-3-11)20-21-16(22)17-19-15(10-23-17)12-4-6-13(18)7-5-12/h2-10,20H,1H3,(H,21,22). The molecule has 0 saturated heterocycles. The van der Waals surface area contributed by atoms with Gasteiger partial charge in [-0.25, -0.2) is 4.98 Å². The minimum atomic E-state index is -0.268. The normalized spacial score (nSPS) is 10.3. The first-order valence-corrected chi connectivity index (χ1v) is 8.22. The quantitative estimate of drug-likeness (QED) is 0.684. The summed E-state index contributed by atoms with van der Waals surface area (Å²) in [6, 6.07) is 15.1. The maximum atomic E-state index is 12.1.